The highest BCUT2D eigenvalue weighted by molar-refractivity contribution is 8.01. The van der Waals surface area contributed by atoms with Crippen LogP contribution in [0.5, 0.6) is 0 Å². The van der Waals surface area contributed by atoms with Gasteiger partial charge < -0.3 is 60.4 Å². The number of carbonyl (C=O) groups excluding carboxylic acids is 1. The molecule has 0 aromatic heterocycles. The molecular weight excluding hydrogens is 482 g/mol. The molecule has 0 unspecified atom stereocenters. The van der Waals surface area contributed by atoms with Crippen LogP contribution >= 0.6 is 11.8 Å². The fraction of sp³-hybridized carbons (Fsp3) is 0.895. The minimum absolute atomic E-state index is 0.241. The Labute approximate surface area is 199 Å². The standard InChI is InChI=1S/C19H33NO13S/c1-7(23)20-12-9(24)3-19(18(29)30,33-16(12)14(27)10(25)4-21)34-6-8-11(5-22)32-17(31-2)15(28)13(8)26/h8-17,21-22,24-28H,3-6H2,1-2H3,(H,20,23)(H,29,30)/t8-,9+,10-,11-,12-,13+,14-,15-,16-,17-,19+/m1/s1. The monoisotopic (exact) mass is 515 g/mol. The van der Waals surface area contributed by atoms with Crippen molar-refractivity contribution in [2.75, 3.05) is 26.1 Å². The number of aliphatic hydroxyl groups excluding tert-OH is 7. The number of hydrogen-bond donors (Lipinski definition) is 9. The van der Waals surface area contributed by atoms with Crippen LogP contribution in [0.1, 0.15) is 13.3 Å². The van der Waals surface area contributed by atoms with Gasteiger partial charge in [0.05, 0.1) is 37.6 Å². The molecule has 34 heavy (non-hydrogen) atoms. The molecule has 2 fully saturated rings. The summed E-state index contributed by atoms with van der Waals surface area (Å²) in [5.74, 6) is -3.40. The quantitative estimate of drug-likeness (QED) is 0.134. The smallest absolute Gasteiger partial charge is 0.346 e. The molecule has 198 valence electrons. The number of carboxylic acid groups (broad SMARTS) is 1. The van der Waals surface area contributed by atoms with Gasteiger partial charge in [-0.25, -0.2) is 4.79 Å². The van der Waals surface area contributed by atoms with Crippen molar-refractivity contribution >= 4 is 23.6 Å². The molecule has 0 aromatic rings. The summed E-state index contributed by atoms with van der Waals surface area (Å²) in [6, 6.07) is -1.31. The molecule has 2 aliphatic rings. The molecule has 0 aromatic carbocycles. The Morgan fingerprint density at radius 3 is 2.35 bits per heavy atom. The number of carbonyl (C=O) groups is 2. The molecule has 0 saturated carbocycles. The van der Waals surface area contributed by atoms with Gasteiger partial charge in [0.25, 0.3) is 0 Å². The molecule has 0 bridgehead atoms. The molecule has 11 atom stereocenters. The Bertz CT molecular complexity index is 699. The minimum Gasteiger partial charge on any atom is -0.478 e. The first-order valence-corrected chi connectivity index (χ1v) is 11.5. The van der Waals surface area contributed by atoms with Crippen molar-refractivity contribution in [1.29, 1.82) is 0 Å². The number of amides is 1. The summed E-state index contributed by atoms with van der Waals surface area (Å²) < 4.78 is 16.0. The van der Waals surface area contributed by atoms with Gasteiger partial charge >= 0.3 is 5.97 Å². The van der Waals surface area contributed by atoms with E-state index in [-0.39, 0.29) is 5.75 Å². The third-order valence-corrected chi connectivity index (χ3v) is 7.42. The van der Waals surface area contributed by atoms with E-state index in [0.717, 1.165) is 6.92 Å². The molecule has 15 heteroatoms. The zero-order valence-electron chi connectivity index (χ0n) is 18.6. The highest BCUT2D eigenvalue weighted by Crippen LogP contribution is 2.43. The summed E-state index contributed by atoms with van der Waals surface area (Å²) in [4.78, 5) is 21.6. The third-order valence-electron chi connectivity index (χ3n) is 5.96. The van der Waals surface area contributed by atoms with Crippen LogP contribution in [0.3, 0.4) is 0 Å². The van der Waals surface area contributed by atoms with Gasteiger partial charge in [0, 0.05) is 32.1 Å². The summed E-state index contributed by atoms with van der Waals surface area (Å²) >= 11 is 0.606. The number of aliphatic hydroxyl groups is 7. The van der Waals surface area contributed by atoms with E-state index >= 15 is 0 Å². The van der Waals surface area contributed by atoms with Gasteiger partial charge in [0.2, 0.25) is 10.8 Å². The molecule has 2 saturated heterocycles. The van der Waals surface area contributed by atoms with Crippen molar-refractivity contribution in [3.63, 3.8) is 0 Å². The van der Waals surface area contributed by atoms with E-state index in [1.807, 2.05) is 0 Å². The molecule has 0 aliphatic carbocycles. The lowest BCUT2D eigenvalue weighted by Crippen LogP contribution is -2.66. The van der Waals surface area contributed by atoms with E-state index in [1.54, 1.807) is 0 Å². The van der Waals surface area contributed by atoms with Gasteiger partial charge in [-0.2, -0.15) is 0 Å². The molecule has 2 aliphatic heterocycles. The summed E-state index contributed by atoms with van der Waals surface area (Å²) in [5, 5.41) is 82.9. The number of methoxy groups -OCH3 is 1. The van der Waals surface area contributed by atoms with Gasteiger partial charge in [-0.3, -0.25) is 4.79 Å². The van der Waals surface area contributed by atoms with E-state index in [4.69, 9.17) is 14.2 Å². The van der Waals surface area contributed by atoms with E-state index in [2.05, 4.69) is 5.32 Å². The predicted octanol–water partition coefficient (Wildman–Crippen LogP) is -4.43. The van der Waals surface area contributed by atoms with Crippen molar-refractivity contribution in [2.45, 2.75) is 73.3 Å². The van der Waals surface area contributed by atoms with Gasteiger partial charge in [0.1, 0.15) is 24.4 Å². The van der Waals surface area contributed by atoms with Crippen LogP contribution in [0, 0.1) is 5.92 Å². The number of hydrogen-bond acceptors (Lipinski definition) is 13. The maximum absolute atomic E-state index is 12.3. The second-order valence-corrected chi connectivity index (χ2v) is 9.58. The summed E-state index contributed by atoms with van der Waals surface area (Å²) in [5.41, 5.74) is 0. The van der Waals surface area contributed by atoms with Crippen LogP contribution in [0.4, 0.5) is 0 Å². The first kappa shape index (κ1) is 29.1. The lowest BCUT2D eigenvalue weighted by Gasteiger charge is -2.47. The van der Waals surface area contributed by atoms with Gasteiger partial charge in [-0.05, 0) is 0 Å². The van der Waals surface area contributed by atoms with Crippen LogP contribution in [-0.4, -0.2) is 139 Å². The number of rotatable bonds is 10. The highest BCUT2D eigenvalue weighted by Gasteiger charge is 2.56. The van der Waals surface area contributed by atoms with E-state index in [0.29, 0.717) is 11.8 Å². The van der Waals surface area contributed by atoms with Crippen LogP contribution in [0.2, 0.25) is 0 Å². The van der Waals surface area contributed by atoms with Crippen LogP contribution in [0.15, 0.2) is 0 Å². The maximum atomic E-state index is 12.3. The molecule has 0 spiro atoms. The first-order chi connectivity index (χ1) is 15.9. The number of aliphatic carboxylic acids is 1. The number of nitrogens with one attached hydrogen (secondary N) is 1. The number of thioether (sulfide) groups is 1. The lowest BCUT2D eigenvalue weighted by molar-refractivity contribution is -0.279. The number of carboxylic acids is 1. The van der Waals surface area contributed by atoms with Gasteiger partial charge in [-0.15, -0.1) is 11.8 Å². The molecule has 2 heterocycles. The van der Waals surface area contributed by atoms with Crippen molar-refractivity contribution in [3.05, 3.63) is 0 Å². The average molecular weight is 516 g/mol. The van der Waals surface area contributed by atoms with Crippen molar-refractivity contribution in [2.24, 2.45) is 5.92 Å². The summed E-state index contributed by atoms with van der Waals surface area (Å²) in [6.07, 6.45) is -12.6. The average Bonchev–Trinajstić information content (AvgIpc) is 2.79. The second kappa shape index (κ2) is 12.2. The van der Waals surface area contributed by atoms with E-state index in [9.17, 15) is 50.4 Å². The third kappa shape index (κ3) is 6.17. The van der Waals surface area contributed by atoms with Crippen molar-refractivity contribution in [3.8, 4) is 0 Å². The topological polar surface area (TPSA) is 236 Å². The molecule has 2 rings (SSSR count). The normalized spacial score (nSPS) is 40.4. The molecule has 9 N–H and O–H groups in total. The molecule has 1 amide bonds. The van der Waals surface area contributed by atoms with Gasteiger partial charge in [-0.1, -0.05) is 0 Å². The largest absolute Gasteiger partial charge is 0.478 e. The Hall–Kier alpha value is -1.11. The molecular formula is C19H33NO13S. The molecule has 0 radical (unpaired) electrons. The van der Waals surface area contributed by atoms with Crippen molar-refractivity contribution < 1.29 is 64.7 Å². The fourth-order valence-corrected chi connectivity index (χ4v) is 5.54. The van der Waals surface area contributed by atoms with E-state index in [1.165, 1.54) is 7.11 Å². The number of ether oxygens (including phenoxy) is 3. The Kier molecular flexibility index (Phi) is 10.5. The summed E-state index contributed by atoms with van der Waals surface area (Å²) in [7, 11) is 1.23. The van der Waals surface area contributed by atoms with Crippen LogP contribution in [0.25, 0.3) is 0 Å². The zero-order valence-corrected chi connectivity index (χ0v) is 19.4. The molecule has 14 nitrogen and oxygen atoms in total. The maximum Gasteiger partial charge on any atom is 0.346 e. The lowest BCUT2D eigenvalue weighted by atomic mass is 9.89. The predicted molar refractivity (Wildman–Crippen MR) is 113 cm³/mol. The SMILES string of the molecule is CO[C@@H]1O[C@H](CO)[C@@H](CS[C@]2(C(=O)O)C[C@H](O)[C@@H](NC(C)=O)[C@H]([C@H](O)[C@H](O)CO)O2)[C@H](O)[C@H]1O. The first-order valence-electron chi connectivity index (χ1n) is 10.5. The van der Waals surface area contributed by atoms with Crippen molar-refractivity contribution in [1.82, 2.24) is 5.32 Å². The fourth-order valence-electron chi connectivity index (χ4n) is 4.08. The summed E-state index contributed by atoms with van der Waals surface area (Å²) in [6.45, 7) is -0.350. The van der Waals surface area contributed by atoms with Crippen LogP contribution < -0.4 is 5.32 Å². The minimum atomic E-state index is -2.22. The Morgan fingerprint density at radius 1 is 1.21 bits per heavy atom. The zero-order chi connectivity index (χ0) is 25.8. The highest BCUT2D eigenvalue weighted by atomic mass is 32.2. The van der Waals surface area contributed by atoms with E-state index < -0.39 is 97.4 Å². The Balaban J connectivity index is 2.31. The Morgan fingerprint density at radius 2 is 1.85 bits per heavy atom. The van der Waals surface area contributed by atoms with Gasteiger partial charge in [0.15, 0.2) is 6.29 Å². The van der Waals surface area contributed by atoms with Crippen LogP contribution in [-0.2, 0) is 23.8 Å². The second-order valence-electron chi connectivity index (χ2n) is 8.30.